The van der Waals surface area contributed by atoms with Gasteiger partial charge in [0.25, 0.3) is 0 Å². The SMILES string of the molecule is CN(C)CCCNc1ncnc2[nH]ncc12. The second kappa shape index (κ2) is 4.89. The van der Waals surface area contributed by atoms with Crippen LogP contribution in [0.3, 0.4) is 0 Å². The van der Waals surface area contributed by atoms with Gasteiger partial charge in [-0.1, -0.05) is 0 Å². The second-order valence-electron chi connectivity index (χ2n) is 3.94. The van der Waals surface area contributed by atoms with E-state index < -0.39 is 0 Å². The van der Waals surface area contributed by atoms with Gasteiger partial charge >= 0.3 is 0 Å². The van der Waals surface area contributed by atoms with Crippen LogP contribution in [0.1, 0.15) is 6.42 Å². The van der Waals surface area contributed by atoms with Crippen molar-refractivity contribution in [2.75, 3.05) is 32.5 Å². The number of anilines is 1. The smallest absolute Gasteiger partial charge is 0.160 e. The normalized spacial score (nSPS) is 11.2. The molecule has 0 atom stereocenters. The maximum Gasteiger partial charge on any atom is 0.160 e. The molecule has 0 aliphatic carbocycles. The van der Waals surface area contributed by atoms with Crippen LogP contribution >= 0.6 is 0 Å². The Hall–Kier alpha value is -1.69. The molecule has 86 valence electrons. The van der Waals surface area contributed by atoms with Gasteiger partial charge in [0.2, 0.25) is 0 Å². The topological polar surface area (TPSA) is 69.7 Å². The second-order valence-corrected chi connectivity index (χ2v) is 3.94. The first-order chi connectivity index (χ1) is 7.77. The van der Waals surface area contributed by atoms with Gasteiger partial charge in [0.1, 0.15) is 12.1 Å². The number of nitrogens with one attached hydrogen (secondary N) is 2. The molecule has 2 N–H and O–H groups in total. The summed E-state index contributed by atoms with van der Waals surface area (Å²) in [6.45, 7) is 1.96. The Bertz CT molecular complexity index is 449. The van der Waals surface area contributed by atoms with Gasteiger partial charge in [-0.2, -0.15) is 5.10 Å². The zero-order valence-corrected chi connectivity index (χ0v) is 9.56. The molecule has 0 unspecified atom stereocenters. The highest BCUT2D eigenvalue weighted by Crippen LogP contribution is 2.15. The quantitative estimate of drug-likeness (QED) is 0.726. The van der Waals surface area contributed by atoms with Crippen LogP contribution in [0.15, 0.2) is 12.5 Å². The molecule has 0 aliphatic rings. The van der Waals surface area contributed by atoms with Gasteiger partial charge in [0, 0.05) is 6.54 Å². The first-order valence-electron chi connectivity index (χ1n) is 5.30. The van der Waals surface area contributed by atoms with Crippen LogP contribution in [0.5, 0.6) is 0 Å². The summed E-state index contributed by atoms with van der Waals surface area (Å²) in [5.41, 5.74) is 0.769. The summed E-state index contributed by atoms with van der Waals surface area (Å²) in [5, 5.41) is 11.0. The van der Waals surface area contributed by atoms with E-state index in [1.807, 2.05) is 0 Å². The van der Waals surface area contributed by atoms with Crippen molar-refractivity contribution in [1.29, 1.82) is 0 Å². The van der Waals surface area contributed by atoms with Gasteiger partial charge in [0.05, 0.1) is 11.6 Å². The number of hydrogen-bond donors (Lipinski definition) is 2. The lowest BCUT2D eigenvalue weighted by atomic mass is 10.3. The van der Waals surface area contributed by atoms with E-state index >= 15 is 0 Å². The van der Waals surface area contributed by atoms with Crippen LogP contribution in [0.2, 0.25) is 0 Å². The molecule has 0 amide bonds. The minimum Gasteiger partial charge on any atom is -0.369 e. The van der Waals surface area contributed by atoms with Gasteiger partial charge in [-0.15, -0.1) is 0 Å². The van der Waals surface area contributed by atoms with Crippen molar-refractivity contribution in [1.82, 2.24) is 25.1 Å². The van der Waals surface area contributed by atoms with Gasteiger partial charge in [-0.3, -0.25) is 5.10 Å². The molecule has 2 heterocycles. The highest BCUT2D eigenvalue weighted by atomic mass is 15.2. The van der Waals surface area contributed by atoms with E-state index in [0.29, 0.717) is 0 Å². The first kappa shape index (κ1) is 10.8. The van der Waals surface area contributed by atoms with Crippen molar-refractivity contribution in [2.24, 2.45) is 0 Å². The van der Waals surface area contributed by atoms with Gasteiger partial charge in [-0.25, -0.2) is 9.97 Å². The summed E-state index contributed by atoms with van der Waals surface area (Å²) in [6.07, 6.45) is 4.36. The number of H-pyrrole nitrogens is 1. The molecular formula is C10H16N6. The van der Waals surface area contributed by atoms with Crippen LogP contribution < -0.4 is 5.32 Å². The van der Waals surface area contributed by atoms with Crippen LogP contribution in [0, 0.1) is 0 Å². The monoisotopic (exact) mass is 220 g/mol. The lowest BCUT2D eigenvalue weighted by Gasteiger charge is -2.10. The highest BCUT2D eigenvalue weighted by molar-refractivity contribution is 5.85. The van der Waals surface area contributed by atoms with Crippen molar-refractivity contribution in [3.05, 3.63) is 12.5 Å². The molecule has 0 saturated carbocycles. The zero-order valence-electron chi connectivity index (χ0n) is 9.56. The van der Waals surface area contributed by atoms with Crippen LogP contribution in [-0.4, -0.2) is 52.3 Å². The average Bonchev–Trinajstić information content (AvgIpc) is 2.72. The van der Waals surface area contributed by atoms with Crippen molar-refractivity contribution in [3.63, 3.8) is 0 Å². The summed E-state index contributed by atoms with van der Waals surface area (Å²) in [6, 6.07) is 0. The fraction of sp³-hybridized carbons (Fsp3) is 0.500. The van der Waals surface area contributed by atoms with E-state index in [1.165, 1.54) is 6.33 Å². The molecule has 0 fully saturated rings. The predicted octanol–water partition coefficient (Wildman–Crippen LogP) is 0.716. The maximum atomic E-state index is 4.20. The number of nitrogens with zero attached hydrogens (tertiary/aromatic N) is 4. The summed E-state index contributed by atoms with van der Waals surface area (Å²) in [7, 11) is 4.14. The van der Waals surface area contributed by atoms with E-state index in [0.717, 1.165) is 36.4 Å². The molecule has 16 heavy (non-hydrogen) atoms. The summed E-state index contributed by atoms with van der Waals surface area (Å²) in [4.78, 5) is 10.4. The molecular weight excluding hydrogens is 204 g/mol. The highest BCUT2D eigenvalue weighted by Gasteiger charge is 2.03. The van der Waals surface area contributed by atoms with Crippen LogP contribution in [0.25, 0.3) is 11.0 Å². The maximum absolute atomic E-state index is 4.20. The largest absolute Gasteiger partial charge is 0.369 e. The van der Waals surface area contributed by atoms with Crippen molar-refractivity contribution < 1.29 is 0 Å². The fourth-order valence-corrected chi connectivity index (χ4v) is 1.51. The predicted molar refractivity (Wildman–Crippen MR) is 63.3 cm³/mol. The van der Waals surface area contributed by atoms with E-state index in [2.05, 4.69) is 44.5 Å². The summed E-state index contributed by atoms with van der Waals surface area (Å²) >= 11 is 0. The zero-order chi connectivity index (χ0) is 11.4. The lowest BCUT2D eigenvalue weighted by molar-refractivity contribution is 0.405. The van der Waals surface area contributed by atoms with Gasteiger partial charge in [0.15, 0.2) is 5.65 Å². The van der Waals surface area contributed by atoms with E-state index in [1.54, 1.807) is 6.20 Å². The third-order valence-electron chi connectivity index (χ3n) is 2.32. The molecule has 2 aromatic heterocycles. The standard InChI is InChI=1S/C10H16N6/c1-16(2)5-3-4-11-9-8-6-14-15-10(8)13-7-12-9/h6-7H,3-5H2,1-2H3,(H2,11,12,13,14,15). The molecule has 6 nitrogen and oxygen atoms in total. The Morgan fingerprint density at radius 3 is 3.06 bits per heavy atom. The third kappa shape index (κ3) is 2.46. The van der Waals surface area contributed by atoms with Crippen LogP contribution in [0.4, 0.5) is 5.82 Å². The Morgan fingerprint density at radius 2 is 2.25 bits per heavy atom. The molecule has 0 bridgehead atoms. The summed E-state index contributed by atoms with van der Waals surface area (Å²) in [5.74, 6) is 0.845. The minimum atomic E-state index is 0.769. The molecule has 0 aromatic carbocycles. The molecule has 2 rings (SSSR count). The molecule has 2 aromatic rings. The fourth-order valence-electron chi connectivity index (χ4n) is 1.51. The Balaban J connectivity index is 1.96. The lowest BCUT2D eigenvalue weighted by Crippen LogP contribution is -2.16. The Labute approximate surface area is 94.1 Å². The number of rotatable bonds is 5. The van der Waals surface area contributed by atoms with E-state index in [-0.39, 0.29) is 0 Å². The summed E-state index contributed by atoms with van der Waals surface area (Å²) < 4.78 is 0. The van der Waals surface area contributed by atoms with Crippen molar-refractivity contribution >= 4 is 16.9 Å². The van der Waals surface area contributed by atoms with Gasteiger partial charge in [-0.05, 0) is 27.1 Å². The number of aromatic nitrogens is 4. The van der Waals surface area contributed by atoms with E-state index in [4.69, 9.17) is 0 Å². The van der Waals surface area contributed by atoms with Crippen molar-refractivity contribution in [3.8, 4) is 0 Å². The van der Waals surface area contributed by atoms with Crippen LogP contribution in [-0.2, 0) is 0 Å². The Kier molecular flexibility index (Phi) is 3.31. The Morgan fingerprint density at radius 1 is 1.38 bits per heavy atom. The van der Waals surface area contributed by atoms with Crippen molar-refractivity contribution in [2.45, 2.75) is 6.42 Å². The molecule has 0 spiro atoms. The molecule has 6 heteroatoms. The molecule has 0 saturated heterocycles. The average molecular weight is 220 g/mol. The third-order valence-corrected chi connectivity index (χ3v) is 2.32. The first-order valence-corrected chi connectivity index (χ1v) is 5.30. The number of fused-ring (bicyclic) bond motifs is 1. The minimum absolute atomic E-state index is 0.769. The number of hydrogen-bond acceptors (Lipinski definition) is 5. The molecule has 0 aliphatic heterocycles. The molecule has 0 radical (unpaired) electrons. The van der Waals surface area contributed by atoms with Gasteiger partial charge < -0.3 is 10.2 Å². The van der Waals surface area contributed by atoms with E-state index in [9.17, 15) is 0 Å². The number of aromatic amines is 1.